The van der Waals surface area contributed by atoms with Crippen LogP contribution in [-0.2, 0) is 22.4 Å². The quantitative estimate of drug-likeness (QED) is 0.825. The summed E-state index contributed by atoms with van der Waals surface area (Å²) in [5, 5.41) is 13.8. The predicted octanol–water partition coefficient (Wildman–Crippen LogP) is 1.13. The van der Waals surface area contributed by atoms with Gasteiger partial charge < -0.3 is 19.9 Å². The Kier molecular flexibility index (Phi) is 3.35. The zero-order valence-electron chi connectivity index (χ0n) is 10.6. The number of rotatable bonds is 2. The van der Waals surface area contributed by atoms with Crippen LogP contribution in [-0.4, -0.2) is 30.7 Å². The lowest BCUT2D eigenvalue weighted by atomic mass is 9.91. The molecule has 0 aromatic heterocycles. The Labute approximate surface area is 107 Å². The summed E-state index contributed by atoms with van der Waals surface area (Å²) in [4.78, 5) is 0. The van der Waals surface area contributed by atoms with Gasteiger partial charge in [-0.3, -0.25) is 0 Å². The molecular weight excluding hydrogens is 230 g/mol. The smallest absolute Gasteiger partial charge is 0.155 e. The van der Waals surface area contributed by atoms with E-state index >= 15 is 0 Å². The third kappa shape index (κ3) is 2.17. The molecule has 1 aromatic rings. The molecule has 0 spiro atoms. The third-order valence-corrected chi connectivity index (χ3v) is 3.71. The minimum absolute atomic E-state index is 0.220. The summed E-state index contributed by atoms with van der Waals surface area (Å²) in [6, 6.07) is 6.14. The molecule has 3 atom stereocenters. The topological polar surface area (TPSA) is 50.7 Å². The summed E-state index contributed by atoms with van der Waals surface area (Å²) in [5.41, 5.74) is 3.53. The zero-order chi connectivity index (χ0) is 12.5. The molecule has 0 radical (unpaired) electrons. The van der Waals surface area contributed by atoms with Crippen molar-refractivity contribution in [3.8, 4) is 0 Å². The number of ether oxygens (including phenoxy) is 2. The molecular formula is C14H19NO3. The molecule has 0 aliphatic carbocycles. The van der Waals surface area contributed by atoms with Crippen LogP contribution in [0.5, 0.6) is 0 Å². The van der Waals surface area contributed by atoms with Crippen LogP contribution in [0.1, 0.15) is 29.7 Å². The van der Waals surface area contributed by atoms with Gasteiger partial charge in [0, 0.05) is 6.54 Å². The molecule has 18 heavy (non-hydrogen) atoms. The van der Waals surface area contributed by atoms with Crippen molar-refractivity contribution in [3.63, 3.8) is 0 Å². The Morgan fingerprint density at radius 1 is 1.44 bits per heavy atom. The maximum absolute atomic E-state index is 10.5. The Balaban J connectivity index is 1.87. The average molecular weight is 249 g/mol. The molecule has 1 saturated heterocycles. The molecule has 2 aliphatic heterocycles. The first-order valence-electron chi connectivity index (χ1n) is 6.52. The van der Waals surface area contributed by atoms with Crippen LogP contribution in [0.25, 0.3) is 0 Å². The van der Waals surface area contributed by atoms with E-state index in [-0.39, 0.29) is 12.4 Å². The van der Waals surface area contributed by atoms with Gasteiger partial charge in [0.2, 0.25) is 0 Å². The number of hydrogen-bond acceptors (Lipinski definition) is 4. The summed E-state index contributed by atoms with van der Waals surface area (Å²) in [5.74, 6) is 0. The van der Waals surface area contributed by atoms with Crippen molar-refractivity contribution in [1.82, 2.24) is 5.32 Å². The van der Waals surface area contributed by atoms with E-state index in [0.29, 0.717) is 6.61 Å². The first-order valence-corrected chi connectivity index (χ1v) is 6.52. The van der Waals surface area contributed by atoms with E-state index in [1.54, 1.807) is 0 Å². The minimum atomic E-state index is -0.607. The van der Waals surface area contributed by atoms with Crippen molar-refractivity contribution in [2.45, 2.75) is 38.4 Å². The lowest BCUT2D eigenvalue weighted by molar-refractivity contribution is -0.0693. The van der Waals surface area contributed by atoms with Gasteiger partial charge in [-0.05, 0) is 36.6 Å². The summed E-state index contributed by atoms with van der Waals surface area (Å²) in [6.07, 6.45) is -0.0607. The van der Waals surface area contributed by atoms with Gasteiger partial charge in [0.1, 0.15) is 12.2 Å². The van der Waals surface area contributed by atoms with Crippen LogP contribution >= 0.6 is 0 Å². The molecule has 1 fully saturated rings. The van der Waals surface area contributed by atoms with Crippen molar-refractivity contribution >= 4 is 0 Å². The van der Waals surface area contributed by atoms with Crippen LogP contribution < -0.4 is 5.32 Å². The standard InChI is InChI=1S/C14H19NO3/c1-9-17-8-13(18-9)14(16)11-4-2-3-10-5-6-15-7-12(10)11/h2-4,9,13-16H,5-8H2,1H3. The molecule has 2 aliphatic rings. The first-order chi connectivity index (χ1) is 8.75. The number of benzene rings is 1. The molecule has 3 unspecified atom stereocenters. The Morgan fingerprint density at radius 3 is 3.11 bits per heavy atom. The fourth-order valence-electron chi connectivity index (χ4n) is 2.74. The number of hydrogen-bond donors (Lipinski definition) is 2. The van der Waals surface area contributed by atoms with Crippen molar-refractivity contribution < 1.29 is 14.6 Å². The lowest BCUT2D eigenvalue weighted by Crippen LogP contribution is -2.28. The maximum atomic E-state index is 10.5. The molecule has 4 heteroatoms. The monoisotopic (exact) mass is 249 g/mol. The Bertz CT molecular complexity index is 435. The second-order valence-electron chi connectivity index (χ2n) is 4.93. The van der Waals surface area contributed by atoms with Gasteiger partial charge in [0.05, 0.1) is 6.61 Å². The van der Waals surface area contributed by atoms with E-state index in [2.05, 4.69) is 11.4 Å². The number of nitrogens with one attached hydrogen (secondary N) is 1. The second-order valence-corrected chi connectivity index (χ2v) is 4.93. The van der Waals surface area contributed by atoms with Crippen molar-refractivity contribution in [2.75, 3.05) is 13.2 Å². The number of aliphatic hydroxyl groups excluding tert-OH is 1. The fourth-order valence-corrected chi connectivity index (χ4v) is 2.74. The molecule has 2 heterocycles. The summed E-state index contributed by atoms with van der Waals surface area (Å²) < 4.78 is 10.9. The molecule has 0 bridgehead atoms. The van der Waals surface area contributed by atoms with E-state index in [9.17, 15) is 5.11 Å². The van der Waals surface area contributed by atoms with Gasteiger partial charge in [-0.15, -0.1) is 0 Å². The van der Waals surface area contributed by atoms with E-state index in [0.717, 1.165) is 25.1 Å². The van der Waals surface area contributed by atoms with Crippen LogP contribution in [0.3, 0.4) is 0 Å². The Hall–Kier alpha value is -0.940. The van der Waals surface area contributed by atoms with Gasteiger partial charge in [0.25, 0.3) is 0 Å². The van der Waals surface area contributed by atoms with E-state index in [1.165, 1.54) is 11.1 Å². The SMILES string of the molecule is CC1OCC(C(O)c2cccc3c2CNCC3)O1. The summed E-state index contributed by atoms with van der Waals surface area (Å²) in [7, 11) is 0. The van der Waals surface area contributed by atoms with Crippen LogP contribution in [0.2, 0.25) is 0 Å². The van der Waals surface area contributed by atoms with Crippen LogP contribution in [0.4, 0.5) is 0 Å². The highest BCUT2D eigenvalue weighted by Gasteiger charge is 2.31. The first kappa shape index (κ1) is 12.1. The molecule has 4 nitrogen and oxygen atoms in total. The largest absolute Gasteiger partial charge is 0.386 e. The van der Waals surface area contributed by atoms with Gasteiger partial charge in [-0.25, -0.2) is 0 Å². The zero-order valence-corrected chi connectivity index (χ0v) is 10.6. The number of aliphatic hydroxyl groups is 1. The van der Waals surface area contributed by atoms with E-state index in [4.69, 9.17) is 9.47 Å². The second kappa shape index (κ2) is 4.97. The number of fused-ring (bicyclic) bond motifs is 1. The minimum Gasteiger partial charge on any atom is -0.386 e. The molecule has 98 valence electrons. The molecule has 0 amide bonds. The van der Waals surface area contributed by atoms with Gasteiger partial charge >= 0.3 is 0 Å². The van der Waals surface area contributed by atoms with Crippen LogP contribution in [0.15, 0.2) is 18.2 Å². The molecule has 3 rings (SSSR count). The van der Waals surface area contributed by atoms with Gasteiger partial charge in [-0.1, -0.05) is 18.2 Å². The molecule has 0 saturated carbocycles. The van der Waals surface area contributed by atoms with Gasteiger partial charge in [0.15, 0.2) is 6.29 Å². The third-order valence-electron chi connectivity index (χ3n) is 3.71. The van der Waals surface area contributed by atoms with Crippen LogP contribution in [0, 0.1) is 0 Å². The van der Waals surface area contributed by atoms with Crippen molar-refractivity contribution in [2.24, 2.45) is 0 Å². The normalized spacial score (nSPS) is 29.0. The average Bonchev–Trinajstić information content (AvgIpc) is 2.84. The maximum Gasteiger partial charge on any atom is 0.155 e. The van der Waals surface area contributed by atoms with Crippen molar-refractivity contribution in [1.29, 1.82) is 0 Å². The predicted molar refractivity (Wildman–Crippen MR) is 67.1 cm³/mol. The highest BCUT2D eigenvalue weighted by Crippen LogP contribution is 2.30. The van der Waals surface area contributed by atoms with Crippen molar-refractivity contribution in [3.05, 3.63) is 34.9 Å². The van der Waals surface area contributed by atoms with Gasteiger partial charge in [-0.2, -0.15) is 0 Å². The van der Waals surface area contributed by atoms with E-state index in [1.807, 2.05) is 19.1 Å². The molecule has 2 N–H and O–H groups in total. The molecule has 1 aromatic carbocycles. The fraction of sp³-hybridized carbons (Fsp3) is 0.571. The Morgan fingerprint density at radius 2 is 2.33 bits per heavy atom. The summed E-state index contributed by atoms with van der Waals surface area (Å²) in [6.45, 7) is 4.15. The lowest BCUT2D eigenvalue weighted by Gasteiger charge is -2.25. The summed E-state index contributed by atoms with van der Waals surface area (Å²) >= 11 is 0. The highest BCUT2D eigenvalue weighted by atomic mass is 16.7. The highest BCUT2D eigenvalue weighted by molar-refractivity contribution is 5.38. The van der Waals surface area contributed by atoms with E-state index < -0.39 is 6.10 Å².